The van der Waals surface area contributed by atoms with Crippen molar-refractivity contribution in [1.29, 1.82) is 0 Å². The van der Waals surface area contributed by atoms with E-state index >= 15 is 0 Å². The van der Waals surface area contributed by atoms with Gasteiger partial charge in [0.25, 0.3) is 5.91 Å². The molecule has 1 aliphatic heterocycles. The number of aryl methyl sites for hydroxylation is 1. The molecular weight excluding hydrogens is 268 g/mol. The van der Waals surface area contributed by atoms with Crippen LogP contribution in [-0.4, -0.2) is 38.7 Å². The van der Waals surface area contributed by atoms with Crippen LogP contribution < -0.4 is 4.74 Å². The SMILES string of the molecule is CCOc1ccccc1C(=O)N1CCn2c(C)nnc2C1. The number of carbonyl (C=O) groups is 1. The van der Waals surface area contributed by atoms with Crippen LogP contribution in [0.4, 0.5) is 0 Å². The molecule has 2 aromatic rings. The average Bonchev–Trinajstić information content (AvgIpc) is 2.88. The summed E-state index contributed by atoms with van der Waals surface area (Å²) < 4.78 is 7.60. The second-order valence-corrected chi connectivity index (χ2v) is 4.97. The molecule has 0 spiro atoms. The van der Waals surface area contributed by atoms with Crippen LogP contribution in [0.2, 0.25) is 0 Å². The minimum absolute atomic E-state index is 0.0223. The standard InChI is InChI=1S/C15H18N4O2/c1-3-21-13-7-5-4-6-12(13)15(20)18-8-9-19-11(2)16-17-14(19)10-18/h4-7H,3,8-10H2,1-2H3. The van der Waals surface area contributed by atoms with E-state index in [2.05, 4.69) is 14.8 Å². The fraction of sp³-hybridized carbons (Fsp3) is 0.400. The Morgan fingerprint density at radius 3 is 2.90 bits per heavy atom. The van der Waals surface area contributed by atoms with Gasteiger partial charge >= 0.3 is 0 Å². The lowest BCUT2D eigenvalue weighted by molar-refractivity contribution is 0.0702. The van der Waals surface area contributed by atoms with Crippen LogP contribution in [0.1, 0.15) is 28.9 Å². The zero-order valence-electron chi connectivity index (χ0n) is 12.2. The van der Waals surface area contributed by atoms with Crippen molar-refractivity contribution < 1.29 is 9.53 Å². The van der Waals surface area contributed by atoms with E-state index in [-0.39, 0.29) is 5.91 Å². The zero-order chi connectivity index (χ0) is 14.8. The van der Waals surface area contributed by atoms with Crippen molar-refractivity contribution in [1.82, 2.24) is 19.7 Å². The number of nitrogens with zero attached hydrogens (tertiary/aromatic N) is 4. The number of ether oxygens (including phenoxy) is 1. The molecule has 0 fully saturated rings. The highest BCUT2D eigenvalue weighted by molar-refractivity contribution is 5.96. The summed E-state index contributed by atoms with van der Waals surface area (Å²) >= 11 is 0. The summed E-state index contributed by atoms with van der Waals surface area (Å²) in [5.41, 5.74) is 0.601. The van der Waals surface area contributed by atoms with E-state index in [0.717, 1.165) is 18.2 Å². The summed E-state index contributed by atoms with van der Waals surface area (Å²) in [7, 11) is 0. The molecule has 2 heterocycles. The fourth-order valence-corrected chi connectivity index (χ4v) is 2.57. The van der Waals surface area contributed by atoms with E-state index in [0.29, 0.717) is 31.0 Å². The van der Waals surface area contributed by atoms with Gasteiger partial charge in [0.05, 0.1) is 18.7 Å². The Bertz CT molecular complexity index is 665. The van der Waals surface area contributed by atoms with Gasteiger partial charge in [-0.15, -0.1) is 10.2 Å². The van der Waals surface area contributed by atoms with E-state index in [1.165, 1.54) is 0 Å². The molecule has 0 saturated heterocycles. The Morgan fingerprint density at radius 2 is 2.10 bits per heavy atom. The molecule has 1 aromatic carbocycles. The molecule has 0 radical (unpaired) electrons. The Hall–Kier alpha value is -2.37. The Labute approximate surface area is 123 Å². The molecule has 1 aliphatic rings. The van der Waals surface area contributed by atoms with E-state index < -0.39 is 0 Å². The first-order valence-corrected chi connectivity index (χ1v) is 7.10. The highest BCUT2D eigenvalue weighted by Crippen LogP contribution is 2.22. The lowest BCUT2D eigenvalue weighted by Gasteiger charge is -2.28. The predicted octanol–water partition coefficient (Wildman–Crippen LogP) is 1.64. The van der Waals surface area contributed by atoms with Gasteiger partial charge in [-0.25, -0.2) is 0 Å². The predicted molar refractivity (Wildman–Crippen MR) is 77.1 cm³/mol. The maximum atomic E-state index is 12.7. The first-order chi connectivity index (χ1) is 10.2. The number of rotatable bonds is 3. The second kappa shape index (κ2) is 5.55. The summed E-state index contributed by atoms with van der Waals surface area (Å²) in [6, 6.07) is 7.36. The Morgan fingerprint density at radius 1 is 1.29 bits per heavy atom. The van der Waals surface area contributed by atoms with Crippen molar-refractivity contribution in [3.8, 4) is 5.75 Å². The summed E-state index contributed by atoms with van der Waals surface area (Å²) in [5, 5.41) is 8.19. The van der Waals surface area contributed by atoms with Crippen molar-refractivity contribution in [2.24, 2.45) is 0 Å². The number of amides is 1. The highest BCUT2D eigenvalue weighted by Gasteiger charge is 2.25. The first-order valence-electron chi connectivity index (χ1n) is 7.10. The molecule has 6 heteroatoms. The first kappa shape index (κ1) is 13.6. The van der Waals surface area contributed by atoms with Crippen LogP contribution in [0.5, 0.6) is 5.75 Å². The van der Waals surface area contributed by atoms with Crippen molar-refractivity contribution in [3.63, 3.8) is 0 Å². The fourth-order valence-electron chi connectivity index (χ4n) is 2.57. The third kappa shape index (κ3) is 2.49. The molecule has 1 aromatic heterocycles. The lowest BCUT2D eigenvalue weighted by atomic mass is 10.1. The van der Waals surface area contributed by atoms with Crippen LogP contribution in [0.3, 0.4) is 0 Å². The Kier molecular flexibility index (Phi) is 3.60. The van der Waals surface area contributed by atoms with Crippen molar-refractivity contribution in [3.05, 3.63) is 41.5 Å². The average molecular weight is 286 g/mol. The third-order valence-electron chi connectivity index (χ3n) is 3.64. The van der Waals surface area contributed by atoms with Crippen LogP contribution in [-0.2, 0) is 13.1 Å². The maximum Gasteiger partial charge on any atom is 0.258 e. The summed E-state index contributed by atoms with van der Waals surface area (Å²) in [6.07, 6.45) is 0. The van der Waals surface area contributed by atoms with Gasteiger partial charge in [0, 0.05) is 13.1 Å². The molecule has 21 heavy (non-hydrogen) atoms. The van der Waals surface area contributed by atoms with Gasteiger partial charge in [0.15, 0.2) is 5.82 Å². The van der Waals surface area contributed by atoms with Crippen LogP contribution in [0.15, 0.2) is 24.3 Å². The van der Waals surface area contributed by atoms with E-state index in [1.54, 1.807) is 11.0 Å². The number of fused-ring (bicyclic) bond motifs is 1. The normalized spacial score (nSPS) is 13.9. The van der Waals surface area contributed by atoms with Crippen molar-refractivity contribution in [2.45, 2.75) is 26.9 Å². The molecule has 0 saturated carbocycles. The van der Waals surface area contributed by atoms with Crippen molar-refractivity contribution in [2.75, 3.05) is 13.2 Å². The molecule has 110 valence electrons. The van der Waals surface area contributed by atoms with E-state index in [4.69, 9.17) is 4.74 Å². The summed E-state index contributed by atoms with van der Waals surface area (Å²) in [4.78, 5) is 14.5. The third-order valence-corrected chi connectivity index (χ3v) is 3.64. The number of hydrogen-bond donors (Lipinski definition) is 0. The summed E-state index contributed by atoms with van der Waals surface area (Å²) in [6.45, 7) is 6.26. The minimum atomic E-state index is -0.0223. The van der Waals surface area contributed by atoms with Crippen molar-refractivity contribution >= 4 is 5.91 Å². The molecule has 1 amide bonds. The van der Waals surface area contributed by atoms with Gasteiger partial charge in [-0.2, -0.15) is 0 Å². The summed E-state index contributed by atoms with van der Waals surface area (Å²) in [5.74, 6) is 2.34. The van der Waals surface area contributed by atoms with Gasteiger partial charge < -0.3 is 14.2 Å². The van der Waals surface area contributed by atoms with Gasteiger partial charge in [-0.05, 0) is 26.0 Å². The van der Waals surface area contributed by atoms with Crippen LogP contribution in [0.25, 0.3) is 0 Å². The monoisotopic (exact) mass is 286 g/mol. The lowest BCUT2D eigenvalue weighted by Crippen LogP contribution is -2.38. The Balaban J connectivity index is 1.84. The molecular formula is C15H18N4O2. The number of aromatic nitrogens is 3. The second-order valence-electron chi connectivity index (χ2n) is 4.97. The van der Waals surface area contributed by atoms with Gasteiger partial charge in [0.2, 0.25) is 0 Å². The minimum Gasteiger partial charge on any atom is -0.493 e. The molecule has 0 aliphatic carbocycles. The van der Waals surface area contributed by atoms with Gasteiger partial charge in [0.1, 0.15) is 11.6 Å². The zero-order valence-corrected chi connectivity index (χ0v) is 12.2. The molecule has 0 N–H and O–H groups in total. The van der Waals surface area contributed by atoms with Gasteiger partial charge in [-0.3, -0.25) is 4.79 Å². The molecule has 0 atom stereocenters. The highest BCUT2D eigenvalue weighted by atomic mass is 16.5. The number of hydrogen-bond acceptors (Lipinski definition) is 4. The number of para-hydroxylation sites is 1. The smallest absolute Gasteiger partial charge is 0.258 e. The quantitative estimate of drug-likeness (QED) is 0.860. The number of benzene rings is 1. The molecule has 6 nitrogen and oxygen atoms in total. The van der Waals surface area contributed by atoms with Crippen LogP contribution in [0, 0.1) is 6.92 Å². The van der Waals surface area contributed by atoms with E-state index in [1.807, 2.05) is 32.0 Å². The van der Waals surface area contributed by atoms with Gasteiger partial charge in [-0.1, -0.05) is 12.1 Å². The number of carbonyl (C=O) groups excluding carboxylic acids is 1. The molecule has 0 bridgehead atoms. The molecule has 3 rings (SSSR count). The van der Waals surface area contributed by atoms with Crippen LogP contribution >= 0.6 is 0 Å². The molecule has 0 unspecified atom stereocenters. The largest absolute Gasteiger partial charge is 0.493 e. The van der Waals surface area contributed by atoms with E-state index in [9.17, 15) is 4.79 Å². The topological polar surface area (TPSA) is 60.2 Å². The maximum absolute atomic E-state index is 12.7.